The molecule has 0 aliphatic carbocycles. The van der Waals surface area contributed by atoms with Crippen molar-refractivity contribution in [2.75, 3.05) is 0 Å². The summed E-state index contributed by atoms with van der Waals surface area (Å²) >= 11 is 0. The van der Waals surface area contributed by atoms with E-state index in [0.29, 0.717) is 5.56 Å². The highest BCUT2D eigenvalue weighted by Crippen LogP contribution is 2.24. The Morgan fingerprint density at radius 2 is 1.55 bits per heavy atom. The Balaban J connectivity index is 1.88. The molecule has 0 fully saturated rings. The van der Waals surface area contributed by atoms with Crippen molar-refractivity contribution in [2.45, 2.75) is 13.2 Å². The van der Waals surface area contributed by atoms with E-state index in [9.17, 15) is 9.90 Å². The Kier molecular flexibility index (Phi) is 4.17. The fourth-order valence-corrected chi connectivity index (χ4v) is 2.48. The van der Waals surface area contributed by atoms with Crippen molar-refractivity contribution in [1.29, 1.82) is 0 Å². The monoisotopic (exact) mass is 292 g/mol. The van der Waals surface area contributed by atoms with Crippen LogP contribution in [0, 0.1) is 0 Å². The van der Waals surface area contributed by atoms with Gasteiger partial charge in [-0.1, -0.05) is 60.7 Å². The first kappa shape index (κ1) is 14.3. The van der Waals surface area contributed by atoms with Gasteiger partial charge in [-0.2, -0.15) is 0 Å². The second-order valence-electron chi connectivity index (χ2n) is 5.04. The van der Waals surface area contributed by atoms with Crippen LogP contribution < -0.4 is 0 Å². The van der Waals surface area contributed by atoms with Crippen molar-refractivity contribution < 1.29 is 14.6 Å². The Morgan fingerprint density at radius 3 is 2.27 bits per heavy atom. The van der Waals surface area contributed by atoms with Crippen LogP contribution in [0.5, 0.6) is 0 Å². The molecule has 0 aliphatic rings. The van der Waals surface area contributed by atoms with E-state index >= 15 is 0 Å². The molecule has 0 spiro atoms. The summed E-state index contributed by atoms with van der Waals surface area (Å²) in [5.41, 5.74) is 2.27. The maximum Gasteiger partial charge on any atom is 0.339 e. The van der Waals surface area contributed by atoms with Crippen LogP contribution in [0.4, 0.5) is 0 Å². The molecule has 0 aliphatic heterocycles. The molecule has 3 heteroatoms. The number of carbonyl (C=O) groups excluding carboxylic acids is 1. The van der Waals surface area contributed by atoms with Crippen LogP contribution in [0.15, 0.2) is 66.7 Å². The van der Waals surface area contributed by atoms with Crippen molar-refractivity contribution in [3.05, 3.63) is 83.4 Å². The zero-order valence-corrected chi connectivity index (χ0v) is 12.0. The molecule has 0 unspecified atom stereocenters. The third-order valence-electron chi connectivity index (χ3n) is 3.62. The molecule has 3 aromatic rings. The summed E-state index contributed by atoms with van der Waals surface area (Å²) in [7, 11) is 0. The maximum absolute atomic E-state index is 12.3. The largest absolute Gasteiger partial charge is 0.457 e. The van der Waals surface area contributed by atoms with Crippen LogP contribution in [0.2, 0.25) is 0 Å². The molecule has 0 radical (unpaired) electrons. The summed E-state index contributed by atoms with van der Waals surface area (Å²) in [6.45, 7) is 0.190. The minimum Gasteiger partial charge on any atom is -0.457 e. The van der Waals surface area contributed by atoms with E-state index in [2.05, 4.69) is 0 Å². The number of rotatable bonds is 4. The van der Waals surface area contributed by atoms with Gasteiger partial charge in [0, 0.05) is 0 Å². The van der Waals surface area contributed by atoms with Gasteiger partial charge in [0.25, 0.3) is 0 Å². The minimum absolute atomic E-state index is 0.0557. The quantitative estimate of drug-likeness (QED) is 0.746. The molecule has 0 bridgehead atoms. The number of hydrogen-bond donors (Lipinski definition) is 1. The molecule has 0 saturated carbocycles. The van der Waals surface area contributed by atoms with Gasteiger partial charge in [-0.05, 0) is 28.0 Å². The third kappa shape index (κ3) is 2.85. The van der Waals surface area contributed by atoms with E-state index in [4.69, 9.17) is 4.74 Å². The van der Waals surface area contributed by atoms with E-state index in [0.717, 1.165) is 21.9 Å². The van der Waals surface area contributed by atoms with Crippen LogP contribution in [0.25, 0.3) is 10.8 Å². The standard InChI is InChI=1S/C19H16O3/c20-12-15-10-11-18(17-9-5-4-8-16(15)17)19(21)22-13-14-6-2-1-3-7-14/h1-11,20H,12-13H2. The van der Waals surface area contributed by atoms with Crippen LogP contribution >= 0.6 is 0 Å². The fraction of sp³-hybridized carbons (Fsp3) is 0.105. The van der Waals surface area contributed by atoms with Crippen LogP contribution in [0.3, 0.4) is 0 Å². The van der Waals surface area contributed by atoms with E-state index in [1.54, 1.807) is 12.1 Å². The van der Waals surface area contributed by atoms with Crippen molar-refractivity contribution in [2.24, 2.45) is 0 Å². The van der Waals surface area contributed by atoms with Gasteiger partial charge in [0.05, 0.1) is 12.2 Å². The second kappa shape index (κ2) is 6.41. The molecule has 1 N–H and O–H groups in total. The maximum atomic E-state index is 12.3. The molecule has 3 aromatic carbocycles. The first-order valence-electron chi connectivity index (χ1n) is 7.12. The highest BCUT2D eigenvalue weighted by Gasteiger charge is 2.13. The zero-order chi connectivity index (χ0) is 15.4. The van der Waals surface area contributed by atoms with E-state index in [1.807, 2.05) is 54.6 Å². The molecule has 110 valence electrons. The molecule has 22 heavy (non-hydrogen) atoms. The Hall–Kier alpha value is -2.65. The fourth-order valence-electron chi connectivity index (χ4n) is 2.48. The molecule has 0 amide bonds. The van der Waals surface area contributed by atoms with Gasteiger partial charge in [-0.15, -0.1) is 0 Å². The van der Waals surface area contributed by atoms with Gasteiger partial charge >= 0.3 is 5.97 Å². The van der Waals surface area contributed by atoms with Gasteiger partial charge in [-0.25, -0.2) is 4.79 Å². The highest BCUT2D eigenvalue weighted by atomic mass is 16.5. The Bertz CT molecular complexity index is 794. The summed E-state index contributed by atoms with van der Waals surface area (Å²) in [5, 5.41) is 11.1. The van der Waals surface area contributed by atoms with E-state index in [1.165, 1.54) is 0 Å². The third-order valence-corrected chi connectivity index (χ3v) is 3.62. The molecule has 3 rings (SSSR count). The van der Waals surface area contributed by atoms with Gasteiger partial charge in [0.1, 0.15) is 6.61 Å². The van der Waals surface area contributed by atoms with E-state index < -0.39 is 0 Å². The smallest absolute Gasteiger partial charge is 0.339 e. The molecule has 0 heterocycles. The summed E-state index contributed by atoms with van der Waals surface area (Å²) in [4.78, 5) is 12.3. The number of aliphatic hydroxyl groups is 1. The number of hydrogen-bond acceptors (Lipinski definition) is 3. The van der Waals surface area contributed by atoms with Crippen molar-refractivity contribution >= 4 is 16.7 Å². The van der Waals surface area contributed by atoms with Crippen LogP contribution in [0.1, 0.15) is 21.5 Å². The first-order chi connectivity index (χ1) is 10.8. The molecule has 0 atom stereocenters. The van der Waals surface area contributed by atoms with Crippen LogP contribution in [-0.4, -0.2) is 11.1 Å². The lowest BCUT2D eigenvalue weighted by molar-refractivity contribution is 0.0475. The molecule has 3 nitrogen and oxygen atoms in total. The van der Waals surface area contributed by atoms with Crippen molar-refractivity contribution in [1.82, 2.24) is 0 Å². The van der Waals surface area contributed by atoms with Gasteiger partial charge < -0.3 is 9.84 Å². The predicted molar refractivity (Wildman–Crippen MR) is 85.4 cm³/mol. The van der Waals surface area contributed by atoms with Gasteiger partial charge in [-0.3, -0.25) is 0 Å². The van der Waals surface area contributed by atoms with Gasteiger partial charge in [0.2, 0.25) is 0 Å². The molecular weight excluding hydrogens is 276 g/mol. The zero-order valence-electron chi connectivity index (χ0n) is 12.0. The molecule has 0 aromatic heterocycles. The summed E-state index contributed by atoms with van der Waals surface area (Å²) in [5.74, 6) is -0.357. The number of ether oxygens (including phenoxy) is 1. The SMILES string of the molecule is O=C(OCc1ccccc1)c1ccc(CO)c2ccccc12. The first-order valence-corrected chi connectivity index (χ1v) is 7.12. The van der Waals surface area contributed by atoms with Crippen molar-refractivity contribution in [3.63, 3.8) is 0 Å². The normalized spacial score (nSPS) is 10.6. The van der Waals surface area contributed by atoms with Crippen LogP contribution in [-0.2, 0) is 18.0 Å². The summed E-state index contributed by atoms with van der Waals surface area (Å²) in [6.07, 6.45) is 0. The summed E-state index contributed by atoms with van der Waals surface area (Å²) < 4.78 is 5.39. The minimum atomic E-state index is -0.357. The number of aliphatic hydroxyl groups excluding tert-OH is 1. The number of benzene rings is 3. The number of esters is 1. The number of carbonyl (C=O) groups is 1. The van der Waals surface area contributed by atoms with E-state index in [-0.39, 0.29) is 19.2 Å². The number of fused-ring (bicyclic) bond motifs is 1. The average Bonchev–Trinajstić information content (AvgIpc) is 2.59. The lowest BCUT2D eigenvalue weighted by atomic mass is 10.00. The lowest BCUT2D eigenvalue weighted by Crippen LogP contribution is -2.06. The topological polar surface area (TPSA) is 46.5 Å². The average molecular weight is 292 g/mol. The Labute approximate surface area is 128 Å². The van der Waals surface area contributed by atoms with Crippen molar-refractivity contribution in [3.8, 4) is 0 Å². The highest BCUT2D eigenvalue weighted by molar-refractivity contribution is 6.05. The summed E-state index contributed by atoms with van der Waals surface area (Å²) in [6, 6.07) is 20.6. The van der Waals surface area contributed by atoms with Gasteiger partial charge in [0.15, 0.2) is 0 Å². The molecular formula is C19H16O3. The lowest BCUT2D eigenvalue weighted by Gasteiger charge is -2.10. The molecule has 0 saturated heterocycles. The second-order valence-corrected chi connectivity index (χ2v) is 5.04. The Morgan fingerprint density at radius 1 is 0.864 bits per heavy atom. The predicted octanol–water partition coefficient (Wildman–Crippen LogP) is 3.69.